The van der Waals surface area contributed by atoms with Crippen molar-refractivity contribution in [2.75, 3.05) is 24.5 Å². The molecule has 1 aromatic heterocycles. The first-order chi connectivity index (χ1) is 12.4. The predicted molar refractivity (Wildman–Crippen MR) is 106 cm³/mol. The minimum absolute atomic E-state index is 0.0118. The van der Waals surface area contributed by atoms with Crippen molar-refractivity contribution in [2.45, 2.75) is 25.2 Å². The normalized spacial score (nSPS) is 21.5. The number of halogens is 2. The Kier molecular flexibility index (Phi) is 4.57. The number of benzene rings is 1. The summed E-state index contributed by atoms with van der Waals surface area (Å²) in [7, 11) is 0. The van der Waals surface area contributed by atoms with Crippen LogP contribution in [0.5, 0.6) is 0 Å². The Balaban J connectivity index is 1.66. The van der Waals surface area contributed by atoms with Crippen molar-refractivity contribution in [3.63, 3.8) is 0 Å². The quantitative estimate of drug-likeness (QED) is 0.696. The van der Waals surface area contributed by atoms with Gasteiger partial charge in [-0.15, -0.1) is 11.3 Å². The number of thiazole rings is 1. The maximum atomic E-state index is 13.0. The molecule has 1 spiro atoms. The minimum atomic E-state index is -0.193. The van der Waals surface area contributed by atoms with Crippen molar-refractivity contribution in [3.8, 4) is 0 Å². The number of amides is 2. The average Bonchev–Trinajstić information content (AvgIpc) is 3.27. The van der Waals surface area contributed by atoms with Gasteiger partial charge in [-0.05, 0) is 30.2 Å². The molecule has 0 unspecified atom stereocenters. The molecular formula is C18H17BrClN3O2S. The second kappa shape index (κ2) is 6.62. The summed E-state index contributed by atoms with van der Waals surface area (Å²) < 4.78 is 1.57. The topological polar surface area (TPSA) is 53.5 Å². The lowest BCUT2D eigenvalue weighted by atomic mass is 9.81. The van der Waals surface area contributed by atoms with Crippen molar-refractivity contribution < 1.29 is 9.59 Å². The molecule has 0 radical (unpaired) electrons. The monoisotopic (exact) mass is 453 g/mol. The highest BCUT2D eigenvalue weighted by atomic mass is 79.9. The average molecular weight is 455 g/mol. The predicted octanol–water partition coefficient (Wildman–Crippen LogP) is 3.64. The second-order valence-electron chi connectivity index (χ2n) is 6.85. The third-order valence-corrected chi connectivity index (χ3v) is 6.82. The van der Waals surface area contributed by atoms with Gasteiger partial charge >= 0.3 is 0 Å². The molecule has 1 aromatic carbocycles. The first-order valence-electron chi connectivity index (χ1n) is 8.34. The number of carbonyl (C=O) groups is 2. The number of nitrogens with zero attached hydrogens (tertiary/aromatic N) is 3. The van der Waals surface area contributed by atoms with Crippen LogP contribution in [0.4, 0.5) is 5.69 Å². The van der Waals surface area contributed by atoms with Crippen LogP contribution < -0.4 is 4.90 Å². The van der Waals surface area contributed by atoms with Gasteiger partial charge in [0.15, 0.2) is 0 Å². The van der Waals surface area contributed by atoms with Crippen LogP contribution in [0.3, 0.4) is 0 Å². The molecule has 1 fully saturated rings. The summed E-state index contributed by atoms with van der Waals surface area (Å²) in [5, 5.41) is 0.719. The van der Waals surface area contributed by atoms with E-state index < -0.39 is 0 Å². The van der Waals surface area contributed by atoms with Crippen LogP contribution in [-0.2, 0) is 21.4 Å². The molecule has 8 heteroatoms. The summed E-state index contributed by atoms with van der Waals surface area (Å²) in [5.74, 6) is 0.0957. The highest BCUT2D eigenvalue weighted by molar-refractivity contribution is 9.10. The van der Waals surface area contributed by atoms with E-state index in [9.17, 15) is 9.59 Å². The van der Waals surface area contributed by atoms with Crippen LogP contribution in [0.1, 0.15) is 23.9 Å². The molecule has 0 N–H and O–H groups in total. The zero-order valence-electron chi connectivity index (χ0n) is 14.2. The van der Waals surface area contributed by atoms with Crippen LogP contribution in [0, 0.1) is 0 Å². The Labute approximate surface area is 169 Å². The van der Waals surface area contributed by atoms with E-state index in [1.165, 1.54) is 11.3 Å². The van der Waals surface area contributed by atoms with Crippen LogP contribution in [-0.4, -0.2) is 41.3 Å². The summed E-state index contributed by atoms with van der Waals surface area (Å²) in [6, 6.07) is 6.03. The fourth-order valence-corrected chi connectivity index (χ4v) is 5.26. The fraction of sp³-hybridized carbons (Fsp3) is 0.389. The lowest BCUT2D eigenvalue weighted by Gasteiger charge is -2.25. The lowest BCUT2D eigenvalue weighted by molar-refractivity contribution is -0.127. The van der Waals surface area contributed by atoms with E-state index in [1.54, 1.807) is 13.1 Å². The number of rotatable bonds is 2. The SMILES string of the molecule is CC(=O)N1CC[C@@]2(C1)CN(C(=O)Cc1ncc(Cl)s1)c1ccc(Br)cc12. The molecular weight excluding hydrogens is 438 g/mol. The molecule has 2 aromatic rings. The van der Waals surface area contributed by atoms with E-state index in [2.05, 4.69) is 27.0 Å². The standard InChI is InChI=1S/C18H17BrClN3O2S/c1-11(24)22-5-4-18(9-22)10-23(14-3-2-12(19)6-13(14)18)17(25)7-16-21-8-15(20)26-16/h2-3,6,8H,4-5,7,9-10H2,1H3/t18-/m1/s1. The lowest BCUT2D eigenvalue weighted by Crippen LogP contribution is -2.40. The van der Waals surface area contributed by atoms with Crippen molar-refractivity contribution in [1.29, 1.82) is 0 Å². The molecule has 0 bridgehead atoms. The van der Waals surface area contributed by atoms with Gasteiger partial charge in [0.1, 0.15) is 9.34 Å². The Morgan fingerprint density at radius 2 is 2.19 bits per heavy atom. The zero-order valence-corrected chi connectivity index (χ0v) is 17.3. The molecule has 3 heterocycles. The zero-order chi connectivity index (χ0) is 18.5. The number of hydrogen-bond acceptors (Lipinski definition) is 4. The highest BCUT2D eigenvalue weighted by Crippen LogP contribution is 2.47. The number of likely N-dealkylation sites (tertiary alicyclic amines) is 1. The summed E-state index contributed by atoms with van der Waals surface area (Å²) in [4.78, 5) is 32.7. The minimum Gasteiger partial charge on any atom is -0.342 e. The van der Waals surface area contributed by atoms with Crippen molar-refractivity contribution in [2.24, 2.45) is 0 Å². The molecule has 26 heavy (non-hydrogen) atoms. The van der Waals surface area contributed by atoms with E-state index in [-0.39, 0.29) is 23.7 Å². The van der Waals surface area contributed by atoms with Crippen LogP contribution in [0.2, 0.25) is 4.34 Å². The van der Waals surface area contributed by atoms with Gasteiger partial charge in [0.2, 0.25) is 11.8 Å². The third-order valence-electron chi connectivity index (χ3n) is 5.21. The maximum Gasteiger partial charge on any atom is 0.233 e. The van der Waals surface area contributed by atoms with Crippen LogP contribution in [0.15, 0.2) is 28.9 Å². The smallest absolute Gasteiger partial charge is 0.233 e. The van der Waals surface area contributed by atoms with Crippen molar-refractivity contribution in [1.82, 2.24) is 9.88 Å². The van der Waals surface area contributed by atoms with Gasteiger partial charge in [-0.25, -0.2) is 4.98 Å². The largest absolute Gasteiger partial charge is 0.342 e. The number of carbonyl (C=O) groups excluding carboxylic acids is 2. The fourth-order valence-electron chi connectivity index (χ4n) is 3.95. The molecule has 2 aliphatic heterocycles. The molecule has 0 saturated carbocycles. The summed E-state index contributed by atoms with van der Waals surface area (Å²) in [6.45, 7) is 3.58. The number of hydrogen-bond donors (Lipinski definition) is 0. The van der Waals surface area contributed by atoms with E-state index in [4.69, 9.17) is 11.6 Å². The third kappa shape index (κ3) is 3.06. The second-order valence-corrected chi connectivity index (χ2v) is 9.51. The summed E-state index contributed by atoms with van der Waals surface area (Å²) in [6.07, 6.45) is 2.68. The Morgan fingerprint density at radius 1 is 1.38 bits per heavy atom. The molecule has 1 saturated heterocycles. The summed E-state index contributed by atoms with van der Waals surface area (Å²) in [5.41, 5.74) is 1.88. The van der Waals surface area contributed by atoms with Gasteiger partial charge in [0, 0.05) is 42.1 Å². The first-order valence-corrected chi connectivity index (χ1v) is 10.3. The van der Waals surface area contributed by atoms with Crippen molar-refractivity contribution in [3.05, 3.63) is 43.8 Å². The van der Waals surface area contributed by atoms with Gasteiger partial charge in [-0.1, -0.05) is 27.5 Å². The van der Waals surface area contributed by atoms with E-state index >= 15 is 0 Å². The Hall–Kier alpha value is -1.44. The number of anilines is 1. The van der Waals surface area contributed by atoms with Crippen molar-refractivity contribution >= 4 is 56.4 Å². The maximum absolute atomic E-state index is 13.0. The molecule has 4 rings (SSSR count). The molecule has 0 aliphatic carbocycles. The van der Waals surface area contributed by atoms with Gasteiger partial charge in [-0.3, -0.25) is 9.59 Å². The highest BCUT2D eigenvalue weighted by Gasteiger charge is 2.49. The number of fused-ring (bicyclic) bond motifs is 2. The molecule has 5 nitrogen and oxygen atoms in total. The van der Waals surface area contributed by atoms with Crippen LogP contribution >= 0.6 is 38.9 Å². The molecule has 1 atom stereocenters. The van der Waals surface area contributed by atoms with Gasteiger partial charge < -0.3 is 9.80 Å². The first kappa shape index (κ1) is 17.9. The van der Waals surface area contributed by atoms with Gasteiger partial charge in [-0.2, -0.15) is 0 Å². The van der Waals surface area contributed by atoms with Crippen LogP contribution in [0.25, 0.3) is 0 Å². The number of aromatic nitrogens is 1. The Morgan fingerprint density at radius 3 is 2.85 bits per heavy atom. The molecule has 2 amide bonds. The van der Waals surface area contributed by atoms with Gasteiger partial charge in [0.25, 0.3) is 0 Å². The molecule has 136 valence electrons. The van der Waals surface area contributed by atoms with E-state index in [0.29, 0.717) is 17.4 Å². The Bertz CT molecular complexity index is 902. The summed E-state index contributed by atoms with van der Waals surface area (Å²) >= 11 is 10.8. The molecule has 2 aliphatic rings. The van der Waals surface area contributed by atoms with E-state index in [1.807, 2.05) is 21.9 Å². The van der Waals surface area contributed by atoms with E-state index in [0.717, 1.165) is 33.7 Å². The van der Waals surface area contributed by atoms with Gasteiger partial charge in [0.05, 0.1) is 12.6 Å².